The van der Waals surface area contributed by atoms with Gasteiger partial charge in [0.1, 0.15) is 11.4 Å². The van der Waals surface area contributed by atoms with Gasteiger partial charge >= 0.3 is 6.18 Å². The SMILES string of the molecule is CC(C)S(=O)(=O)CC(=O)Nc1ccc(-n2nccc2C(F)(F)F)cc1. The number of hydrogen-bond acceptors (Lipinski definition) is 4. The Balaban J connectivity index is 2.14. The molecule has 0 atom stereocenters. The van der Waals surface area contributed by atoms with Gasteiger partial charge in [-0.05, 0) is 44.2 Å². The van der Waals surface area contributed by atoms with E-state index in [1.807, 2.05) is 0 Å². The van der Waals surface area contributed by atoms with Crippen molar-refractivity contribution in [2.45, 2.75) is 25.3 Å². The summed E-state index contributed by atoms with van der Waals surface area (Å²) >= 11 is 0. The second-order valence-electron chi connectivity index (χ2n) is 5.58. The number of amides is 1. The van der Waals surface area contributed by atoms with Crippen LogP contribution in [0.15, 0.2) is 36.5 Å². The van der Waals surface area contributed by atoms with Gasteiger partial charge in [-0.15, -0.1) is 0 Å². The maximum atomic E-state index is 12.9. The van der Waals surface area contributed by atoms with Crippen LogP contribution in [0, 0.1) is 0 Å². The Hall–Kier alpha value is -2.36. The Morgan fingerprint density at radius 3 is 2.32 bits per heavy atom. The smallest absolute Gasteiger partial charge is 0.325 e. The molecule has 0 saturated carbocycles. The average molecular weight is 375 g/mol. The van der Waals surface area contributed by atoms with Crippen LogP contribution in [0.3, 0.4) is 0 Å². The van der Waals surface area contributed by atoms with E-state index in [0.29, 0.717) is 0 Å². The first kappa shape index (κ1) is 19.0. The highest BCUT2D eigenvalue weighted by atomic mass is 32.2. The van der Waals surface area contributed by atoms with Crippen LogP contribution in [0.25, 0.3) is 5.69 Å². The number of carbonyl (C=O) groups excluding carboxylic acids is 1. The molecule has 1 N–H and O–H groups in total. The molecule has 0 saturated heterocycles. The molecule has 10 heteroatoms. The highest BCUT2D eigenvalue weighted by molar-refractivity contribution is 7.92. The molecule has 0 aliphatic rings. The molecule has 0 radical (unpaired) electrons. The third-order valence-corrected chi connectivity index (χ3v) is 5.48. The number of rotatable bonds is 5. The van der Waals surface area contributed by atoms with E-state index in [-0.39, 0.29) is 11.4 Å². The molecule has 0 bridgehead atoms. The molecule has 6 nitrogen and oxygen atoms in total. The van der Waals surface area contributed by atoms with Gasteiger partial charge in [0.05, 0.1) is 17.1 Å². The van der Waals surface area contributed by atoms with E-state index in [1.165, 1.54) is 38.1 Å². The van der Waals surface area contributed by atoms with Crippen LogP contribution in [-0.2, 0) is 20.8 Å². The van der Waals surface area contributed by atoms with Crippen molar-refractivity contribution in [3.8, 4) is 5.69 Å². The summed E-state index contributed by atoms with van der Waals surface area (Å²) in [5, 5.41) is 5.36. The van der Waals surface area contributed by atoms with Gasteiger partial charge in [-0.3, -0.25) is 4.79 Å². The van der Waals surface area contributed by atoms with Crippen LogP contribution in [0.4, 0.5) is 18.9 Å². The summed E-state index contributed by atoms with van der Waals surface area (Å²) in [5.41, 5.74) is -0.495. The molecule has 2 aromatic rings. The van der Waals surface area contributed by atoms with Gasteiger partial charge in [0.2, 0.25) is 5.91 Å². The lowest BCUT2D eigenvalue weighted by molar-refractivity contribution is -0.142. The molecule has 25 heavy (non-hydrogen) atoms. The molecular weight excluding hydrogens is 359 g/mol. The van der Waals surface area contributed by atoms with Gasteiger partial charge in [0.25, 0.3) is 0 Å². The summed E-state index contributed by atoms with van der Waals surface area (Å²) in [6, 6.07) is 6.28. The van der Waals surface area contributed by atoms with Crippen LogP contribution in [0.1, 0.15) is 19.5 Å². The first-order valence-corrected chi connectivity index (χ1v) is 8.95. The van der Waals surface area contributed by atoms with Crippen molar-refractivity contribution in [3.05, 3.63) is 42.2 Å². The second-order valence-corrected chi connectivity index (χ2v) is 8.13. The minimum absolute atomic E-state index is 0.158. The molecule has 1 amide bonds. The monoisotopic (exact) mass is 375 g/mol. The van der Waals surface area contributed by atoms with Crippen molar-refractivity contribution in [3.63, 3.8) is 0 Å². The number of nitrogens with zero attached hydrogens (tertiary/aromatic N) is 2. The van der Waals surface area contributed by atoms with Crippen LogP contribution in [-0.4, -0.2) is 35.1 Å². The van der Waals surface area contributed by atoms with Crippen molar-refractivity contribution < 1.29 is 26.4 Å². The van der Waals surface area contributed by atoms with E-state index >= 15 is 0 Å². The maximum absolute atomic E-state index is 12.9. The lowest BCUT2D eigenvalue weighted by Crippen LogP contribution is -2.27. The van der Waals surface area contributed by atoms with Gasteiger partial charge < -0.3 is 5.32 Å². The second kappa shape index (κ2) is 6.87. The molecule has 1 aromatic heterocycles. The van der Waals surface area contributed by atoms with E-state index in [1.54, 1.807) is 0 Å². The average Bonchev–Trinajstić information content (AvgIpc) is 2.96. The minimum Gasteiger partial charge on any atom is -0.325 e. The van der Waals surface area contributed by atoms with E-state index in [9.17, 15) is 26.4 Å². The molecule has 0 aliphatic carbocycles. The summed E-state index contributed by atoms with van der Waals surface area (Å²) < 4.78 is 62.7. The Kier molecular flexibility index (Phi) is 5.21. The quantitative estimate of drug-likeness (QED) is 0.871. The summed E-state index contributed by atoms with van der Waals surface area (Å²) in [6.07, 6.45) is -3.51. The number of nitrogens with one attached hydrogen (secondary N) is 1. The maximum Gasteiger partial charge on any atom is 0.433 e. The normalized spacial score (nSPS) is 12.4. The molecule has 0 spiro atoms. The fourth-order valence-electron chi connectivity index (χ4n) is 1.96. The van der Waals surface area contributed by atoms with E-state index in [4.69, 9.17) is 0 Å². The molecule has 136 valence electrons. The number of aromatic nitrogens is 2. The number of anilines is 1. The van der Waals surface area contributed by atoms with Crippen LogP contribution in [0.2, 0.25) is 0 Å². The Bertz CT molecular complexity index is 856. The van der Waals surface area contributed by atoms with Crippen molar-refractivity contribution in [2.24, 2.45) is 0 Å². The predicted octanol–water partition coefficient (Wildman–Crippen LogP) is 2.65. The van der Waals surface area contributed by atoms with Gasteiger partial charge in [0.15, 0.2) is 9.84 Å². The molecular formula is C15H16F3N3O3S. The first-order valence-electron chi connectivity index (χ1n) is 7.24. The van der Waals surface area contributed by atoms with Crippen molar-refractivity contribution >= 4 is 21.4 Å². The fourth-order valence-corrected chi connectivity index (χ4v) is 2.73. The number of sulfone groups is 1. The fraction of sp³-hybridized carbons (Fsp3) is 0.333. The Morgan fingerprint density at radius 2 is 1.80 bits per heavy atom. The van der Waals surface area contributed by atoms with Crippen LogP contribution in [0.5, 0.6) is 0 Å². The van der Waals surface area contributed by atoms with Crippen molar-refractivity contribution in [2.75, 3.05) is 11.1 Å². The lowest BCUT2D eigenvalue weighted by Gasteiger charge is -2.11. The van der Waals surface area contributed by atoms with Crippen LogP contribution < -0.4 is 5.32 Å². The number of benzene rings is 1. The lowest BCUT2D eigenvalue weighted by atomic mass is 10.2. The molecule has 1 heterocycles. The molecule has 0 unspecified atom stereocenters. The third-order valence-electron chi connectivity index (χ3n) is 3.38. The standard InChI is InChI=1S/C15H16F3N3O3S/c1-10(2)25(23,24)9-14(22)20-11-3-5-12(6-4-11)21-13(7-8-19-21)15(16,17)18/h3-8,10H,9H2,1-2H3,(H,20,22). The number of carbonyl (C=O) groups is 1. The van der Waals surface area contributed by atoms with Gasteiger partial charge in [-0.25, -0.2) is 13.1 Å². The predicted molar refractivity (Wildman–Crippen MR) is 86.1 cm³/mol. The first-order chi connectivity index (χ1) is 11.5. The zero-order chi connectivity index (χ0) is 18.8. The van der Waals surface area contributed by atoms with E-state index in [0.717, 1.165) is 16.9 Å². The zero-order valence-electron chi connectivity index (χ0n) is 13.4. The number of alkyl halides is 3. The number of hydrogen-bond donors (Lipinski definition) is 1. The van der Waals surface area contributed by atoms with Gasteiger partial charge in [0, 0.05) is 5.69 Å². The summed E-state index contributed by atoms with van der Waals surface area (Å²) in [6.45, 7) is 2.94. The topological polar surface area (TPSA) is 81.1 Å². The minimum atomic E-state index is -4.55. The van der Waals surface area contributed by atoms with Crippen molar-refractivity contribution in [1.29, 1.82) is 0 Å². The van der Waals surface area contributed by atoms with Crippen molar-refractivity contribution in [1.82, 2.24) is 9.78 Å². The molecule has 0 fully saturated rings. The summed E-state index contributed by atoms with van der Waals surface area (Å²) in [7, 11) is -3.53. The Morgan fingerprint density at radius 1 is 1.20 bits per heavy atom. The van der Waals surface area contributed by atoms with E-state index in [2.05, 4.69) is 10.4 Å². The summed E-state index contributed by atoms with van der Waals surface area (Å²) in [5.74, 6) is -1.37. The molecule has 1 aromatic carbocycles. The van der Waals surface area contributed by atoms with E-state index < -0.39 is 38.6 Å². The largest absolute Gasteiger partial charge is 0.433 e. The summed E-state index contributed by atoms with van der Waals surface area (Å²) in [4.78, 5) is 11.8. The molecule has 0 aliphatic heterocycles. The van der Waals surface area contributed by atoms with Gasteiger partial charge in [-0.1, -0.05) is 0 Å². The zero-order valence-corrected chi connectivity index (χ0v) is 14.2. The highest BCUT2D eigenvalue weighted by Gasteiger charge is 2.35. The Labute approximate surface area is 142 Å². The molecule has 2 rings (SSSR count). The van der Waals surface area contributed by atoms with Crippen LogP contribution >= 0.6 is 0 Å². The third kappa shape index (κ3) is 4.59. The van der Waals surface area contributed by atoms with Gasteiger partial charge in [-0.2, -0.15) is 18.3 Å². The number of halogens is 3. The highest BCUT2D eigenvalue weighted by Crippen LogP contribution is 2.30.